The zero-order valence-corrected chi connectivity index (χ0v) is 14.1. The van der Waals surface area contributed by atoms with Crippen LogP contribution in [0.3, 0.4) is 0 Å². The summed E-state index contributed by atoms with van der Waals surface area (Å²) in [4.78, 5) is 12.5. The highest BCUT2D eigenvalue weighted by Gasteiger charge is 2.11. The van der Waals surface area contributed by atoms with E-state index in [-0.39, 0.29) is 5.91 Å². The fourth-order valence-electron chi connectivity index (χ4n) is 3.08. The lowest BCUT2D eigenvalue weighted by atomic mass is 10.0. The number of aryl methyl sites for hydroxylation is 1. The van der Waals surface area contributed by atoms with Gasteiger partial charge in [-0.2, -0.15) is 5.10 Å². The number of carbonyl (C=O) groups is 1. The summed E-state index contributed by atoms with van der Waals surface area (Å²) in [6.45, 7) is 3.87. The van der Waals surface area contributed by atoms with Crippen molar-refractivity contribution in [3.05, 3.63) is 77.1 Å². The molecule has 126 valence electrons. The van der Waals surface area contributed by atoms with Crippen molar-refractivity contribution >= 4 is 11.6 Å². The summed E-state index contributed by atoms with van der Waals surface area (Å²) in [5, 5.41) is 10.6. The van der Waals surface area contributed by atoms with Crippen LogP contribution in [0.15, 0.2) is 54.9 Å². The van der Waals surface area contributed by atoms with E-state index in [2.05, 4.69) is 27.9 Å². The van der Waals surface area contributed by atoms with Crippen molar-refractivity contribution in [3.8, 4) is 5.69 Å². The molecule has 1 aromatic heterocycles. The molecule has 1 aliphatic rings. The van der Waals surface area contributed by atoms with Gasteiger partial charge in [0.1, 0.15) is 0 Å². The molecule has 5 nitrogen and oxygen atoms in total. The smallest absolute Gasteiger partial charge is 0.255 e. The second-order valence-electron chi connectivity index (χ2n) is 6.37. The lowest BCUT2D eigenvalue weighted by Crippen LogP contribution is -2.23. The number of nitrogens with one attached hydrogen (secondary N) is 2. The van der Waals surface area contributed by atoms with Crippen molar-refractivity contribution in [1.82, 2.24) is 15.1 Å². The van der Waals surface area contributed by atoms with E-state index < -0.39 is 0 Å². The minimum Gasteiger partial charge on any atom is -0.322 e. The van der Waals surface area contributed by atoms with E-state index in [0.29, 0.717) is 5.56 Å². The van der Waals surface area contributed by atoms with Crippen molar-refractivity contribution in [1.29, 1.82) is 0 Å². The molecule has 0 unspecified atom stereocenters. The number of hydrogen-bond acceptors (Lipinski definition) is 3. The maximum atomic E-state index is 12.5. The fraction of sp³-hybridized carbons (Fsp3) is 0.200. The van der Waals surface area contributed by atoms with Crippen LogP contribution in [0.25, 0.3) is 5.69 Å². The third kappa shape index (κ3) is 3.32. The van der Waals surface area contributed by atoms with Crippen LogP contribution < -0.4 is 10.6 Å². The highest BCUT2D eigenvalue weighted by atomic mass is 16.1. The van der Waals surface area contributed by atoms with Crippen LogP contribution >= 0.6 is 0 Å². The lowest BCUT2D eigenvalue weighted by molar-refractivity contribution is 0.102. The molecule has 0 radical (unpaired) electrons. The quantitative estimate of drug-likeness (QED) is 0.775. The average Bonchev–Trinajstić information content (AvgIpc) is 3.08. The van der Waals surface area contributed by atoms with Gasteiger partial charge in [0, 0.05) is 24.0 Å². The normalized spacial score (nSPS) is 13.3. The molecule has 0 bridgehead atoms. The highest BCUT2D eigenvalue weighted by Crippen LogP contribution is 2.20. The standard InChI is InChI=1S/C20H20N4O/c1-14-11-22-24(13-14)19-6-3-16(4-7-19)20(25)23-18-5-2-15-8-9-21-12-17(15)10-18/h2-7,10-11,13,21H,8-9,12H2,1H3,(H,23,25). The molecule has 0 saturated carbocycles. The zero-order chi connectivity index (χ0) is 17.2. The summed E-state index contributed by atoms with van der Waals surface area (Å²) < 4.78 is 1.80. The Labute approximate surface area is 146 Å². The number of anilines is 1. The maximum Gasteiger partial charge on any atom is 0.255 e. The van der Waals surface area contributed by atoms with Gasteiger partial charge in [-0.1, -0.05) is 6.07 Å². The van der Waals surface area contributed by atoms with E-state index >= 15 is 0 Å². The predicted octanol–water partition coefficient (Wildman–Crippen LogP) is 3.08. The highest BCUT2D eigenvalue weighted by molar-refractivity contribution is 6.04. The number of aromatic nitrogens is 2. The molecule has 0 spiro atoms. The molecule has 0 fully saturated rings. The van der Waals surface area contributed by atoms with E-state index in [1.54, 1.807) is 4.68 Å². The number of amides is 1. The van der Waals surface area contributed by atoms with E-state index in [4.69, 9.17) is 0 Å². The molecular weight excluding hydrogens is 312 g/mol. The van der Waals surface area contributed by atoms with Gasteiger partial charge in [0.25, 0.3) is 5.91 Å². The Bertz CT molecular complexity index is 912. The van der Waals surface area contributed by atoms with Gasteiger partial charge in [-0.3, -0.25) is 4.79 Å². The van der Waals surface area contributed by atoms with Crippen molar-refractivity contribution in [3.63, 3.8) is 0 Å². The second kappa shape index (κ2) is 6.53. The third-order valence-electron chi connectivity index (χ3n) is 4.46. The monoisotopic (exact) mass is 332 g/mol. The fourth-order valence-corrected chi connectivity index (χ4v) is 3.08. The number of rotatable bonds is 3. The number of hydrogen-bond donors (Lipinski definition) is 2. The van der Waals surface area contributed by atoms with Crippen molar-refractivity contribution in [2.45, 2.75) is 19.9 Å². The summed E-state index contributed by atoms with van der Waals surface area (Å²) in [5.74, 6) is -0.105. The van der Waals surface area contributed by atoms with Gasteiger partial charge < -0.3 is 10.6 Å². The topological polar surface area (TPSA) is 59.0 Å². The average molecular weight is 332 g/mol. The molecule has 5 heteroatoms. The van der Waals surface area contributed by atoms with E-state index in [0.717, 1.165) is 36.4 Å². The van der Waals surface area contributed by atoms with E-state index in [9.17, 15) is 4.79 Å². The molecule has 1 amide bonds. The van der Waals surface area contributed by atoms with Gasteiger partial charge >= 0.3 is 0 Å². The Hall–Kier alpha value is -2.92. The van der Waals surface area contributed by atoms with Gasteiger partial charge in [0.2, 0.25) is 0 Å². The Morgan fingerprint density at radius 1 is 1.16 bits per heavy atom. The molecule has 25 heavy (non-hydrogen) atoms. The summed E-state index contributed by atoms with van der Waals surface area (Å²) in [6, 6.07) is 13.6. The number of fused-ring (bicyclic) bond motifs is 1. The van der Waals surface area contributed by atoms with Crippen molar-refractivity contribution < 1.29 is 4.79 Å². The van der Waals surface area contributed by atoms with E-state index in [1.807, 2.05) is 49.6 Å². The first-order valence-corrected chi connectivity index (χ1v) is 8.45. The molecule has 1 aliphatic heterocycles. The van der Waals surface area contributed by atoms with E-state index in [1.165, 1.54) is 11.1 Å². The largest absolute Gasteiger partial charge is 0.322 e. The van der Waals surface area contributed by atoms with Gasteiger partial charge in [-0.25, -0.2) is 4.68 Å². The molecular formula is C20H20N4O. The molecule has 3 aromatic rings. The van der Waals surface area contributed by atoms with Crippen LogP contribution in [-0.4, -0.2) is 22.2 Å². The molecule has 2 N–H and O–H groups in total. The lowest BCUT2D eigenvalue weighted by Gasteiger charge is -2.18. The van der Waals surface area contributed by atoms with Gasteiger partial charge in [-0.05, 0) is 73.0 Å². The Kier molecular flexibility index (Phi) is 4.07. The van der Waals surface area contributed by atoms with Crippen LogP contribution in [0.2, 0.25) is 0 Å². The Morgan fingerprint density at radius 3 is 2.76 bits per heavy atom. The first kappa shape index (κ1) is 15.6. The number of carbonyl (C=O) groups excluding carboxylic acids is 1. The minimum absolute atomic E-state index is 0.105. The minimum atomic E-state index is -0.105. The Morgan fingerprint density at radius 2 is 2.00 bits per heavy atom. The zero-order valence-electron chi connectivity index (χ0n) is 14.1. The van der Waals surface area contributed by atoms with Crippen LogP contribution in [0.5, 0.6) is 0 Å². The van der Waals surface area contributed by atoms with Crippen molar-refractivity contribution in [2.75, 3.05) is 11.9 Å². The SMILES string of the molecule is Cc1cnn(-c2ccc(C(=O)Nc3ccc4c(c3)CNCC4)cc2)c1. The van der Waals surface area contributed by atoms with Crippen LogP contribution in [-0.2, 0) is 13.0 Å². The summed E-state index contributed by atoms with van der Waals surface area (Å²) in [6.07, 6.45) is 4.81. The van der Waals surface area contributed by atoms with Gasteiger partial charge in [0.05, 0.1) is 11.9 Å². The second-order valence-corrected chi connectivity index (χ2v) is 6.37. The van der Waals surface area contributed by atoms with Gasteiger partial charge in [0.15, 0.2) is 0 Å². The van der Waals surface area contributed by atoms with Crippen LogP contribution in [0, 0.1) is 6.92 Å². The van der Waals surface area contributed by atoms with Crippen LogP contribution in [0.4, 0.5) is 5.69 Å². The molecule has 2 heterocycles. The Balaban J connectivity index is 1.49. The van der Waals surface area contributed by atoms with Gasteiger partial charge in [-0.15, -0.1) is 0 Å². The molecule has 0 atom stereocenters. The molecule has 2 aromatic carbocycles. The first-order chi connectivity index (χ1) is 12.2. The van der Waals surface area contributed by atoms with Crippen LogP contribution in [0.1, 0.15) is 27.0 Å². The predicted molar refractivity (Wildman–Crippen MR) is 98.1 cm³/mol. The summed E-state index contributed by atoms with van der Waals surface area (Å²) in [5.41, 5.74) is 6.11. The summed E-state index contributed by atoms with van der Waals surface area (Å²) in [7, 11) is 0. The maximum absolute atomic E-state index is 12.5. The number of nitrogens with zero attached hydrogens (tertiary/aromatic N) is 2. The third-order valence-corrected chi connectivity index (χ3v) is 4.46. The molecule has 0 aliphatic carbocycles. The van der Waals surface area contributed by atoms with Crippen molar-refractivity contribution in [2.24, 2.45) is 0 Å². The molecule has 0 saturated heterocycles. The first-order valence-electron chi connectivity index (χ1n) is 8.45. The summed E-state index contributed by atoms with van der Waals surface area (Å²) >= 11 is 0. The molecule has 4 rings (SSSR count). The number of benzene rings is 2.